The summed E-state index contributed by atoms with van der Waals surface area (Å²) in [5, 5.41) is 0.247. The minimum atomic E-state index is -4.82. The van der Waals surface area contributed by atoms with Gasteiger partial charge in [-0.25, -0.2) is 13.4 Å². The van der Waals surface area contributed by atoms with E-state index in [9.17, 15) is 21.6 Å². The van der Waals surface area contributed by atoms with E-state index in [0.29, 0.717) is 5.65 Å². The Balaban J connectivity index is 1.98. The number of halogens is 4. The minimum Gasteiger partial charge on any atom is -0.307 e. The Morgan fingerprint density at radius 3 is 2.44 bits per heavy atom. The Morgan fingerprint density at radius 2 is 1.80 bits per heavy atom. The van der Waals surface area contributed by atoms with E-state index in [1.165, 1.54) is 36.7 Å². The molecule has 2 heterocycles. The van der Waals surface area contributed by atoms with Crippen LogP contribution in [0.1, 0.15) is 11.6 Å². The van der Waals surface area contributed by atoms with Crippen molar-refractivity contribution in [1.82, 2.24) is 14.1 Å². The zero-order valence-electron chi connectivity index (χ0n) is 12.4. The van der Waals surface area contributed by atoms with Gasteiger partial charge >= 0.3 is 6.18 Å². The number of imidazole rings is 1. The van der Waals surface area contributed by atoms with Crippen LogP contribution in [0.25, 0.3) is 5.65 Å². The van der Waals surface area contributed by atoms with Gasteiger partial charge in [-0.05, 0) is 23.8 Å². The molecule has 0 saturated heterocycles. The lowest BCUT2D eigenvalue weighted by Crippen LogP contribution is -2.38. The van der Waals surface area contributed by atoms with Gasteiger partial charge in [0, 0.05) is 29.7 Å². The second-order valence-corrected chi connectivity index (χ2v) is 7.35. The maximum Gasteiger partial charge on any atom is 0.408 e. The molecule has 0 bridgehead atoms. The first kappa shape index (κ1) is 17.7. The fourth-order valence-corrected chi connectivity index (χ4v) is 3.60. The molecule has 0 fully saturated rings. The quantitative estimate of drug-likeness (QED) is 0.742. The van der Waals surface area contributed by atoms with Crippen LogP contribution in [0.3, 0.4) is 0 Å². The summed E-state index contributed by atoms with van der Waals surface area (Å²) in [6.45, 7) is 0. The van der Waals surface area contributed by atoms with Gasteiger partial charge in [-0.15, -0.1) is 0 Å². The lowest BCUT2D eigenvalue weighted by atomic mass is 10.1. The number of nitrogens with one attached hydrogen (secondary N) is 1. The van der Waals surface area contributed by atoms with Gasteiger partial charge in [0.05, 0.1) is 4.90 Å². The summed E-state index contributed by atoms with van der Waals surface area (Å²) in [5.74, 6) is 0. The van der Waals surface area contributed by atoms with Crippen molar-refractivity contribution in [3.05, 3.63) is 65.6 Å². The van der Waals surface area contributed by atoms with Crippen LogP contribution in [-0.4, -0.2) is 24.0 Å². The number of fused-ring (bicyclic) bond motifs is 1. The van der Waals surface area contributed by atoms with Crippen LogP contribution < -0.4 is 4.72 Å². The molecule has 10 heteroatoms. The number of benzene rings is 1. The summed E-state index contributed by atoms with van der Waals surface area (Å²) >= 11 is 5.68. The zero-order chi connectivity index (χ0) is 18.2. The molecule has 0 aliphatic carbocycles. The van der Waals surface area contributed by atoms with Gasteiger partial charge in [-0.2, -0.15) is 17.9 Å². The van der Waals surface area contributed by atoms with Crippen molar-refractivity contribution >= 4 is 27.3 Å². The third-order valence-corrected chi connectivity index (χ3v) is 5.16. The number of hydrogen-bond donors (Lipinski definition) is 1. The van der Waals surface area contributed by atoms with Crippen molar-refractivity contribution in [2.45, 2.75) is 17.1 Å². The number of aromatic nitrogens is 2. The zero-order valence-corrected chi connectivity index (χ0v) is 14.0. The van der Waals surface area contributed by atoms with Crippen LogP contribution in [0.5, 0.6) is 0 Å². The van der Waals surface area contributed by atoms with E-state index in [0.717, 1.165) is 12.1 Å². The molecule has 1 aromatic carbocycles. The van der Waals surface area contributed by atoms with Gasteiger partial charge in [-0.3, -0.25) is 0 Å². The van der Waals surface area contributed by atoms with Gasteiger partial charge in [0.15, 0.2) is 0 Å². The van der Waals surface area contributed by atoms with E-state index in [-0.39, 0.29) is 15.5 Å². The van der Waals surface area contributed by atoms with Gasteiger partial charge in [0.25, 0.3) is 0 Å². The van der Waals surface area contributed by atoms with E-state index < -0.39 is 22.2 Å². The summed E-state index contributed by atoms with van der Waals surface area (Å²) in [7, 11) is -4.43. The van der Waals surface area contributed by atoms with Crippen LogP contribution in [0.4, 0.5) is 13.2 Å². The monoisotopic (exact) mass is 389 g/mol. The van der Waals surface area contributed by atoms with E-state index in [1.54, 1.807) is 15.3 Å². The second kappa shape index (κ2) is 6.32. The van der Waals surface area contributed by atoms with Crippen molar-refractivity contribution in [2.24, 2.45) is 0 Å². The highest BCUT2D eigenvalue weighted by atomic mass is 35.5. The topological polar surface area (TPSA) is 63.5 Å². The molecule has 0 aliphatic heterocycles. The fraction of sp³-hybridized carbons (Fsp3) is 0.133. The smallest absolute Gasteiger partial charge is 0.307 e. The Hall–Kier alpha value is -2.10. The van der Waals surface area contributed by atoms with Gasteiger partial charge in [0.1, 0.15) is 11.7 Å². The Bertz CT molecular complexity index is 1000. The van der Waals surface area contributed by atoms with Crippen molar-refractivity contribution in [1.29, 1.82) is 0 Å². The van der Waals surface area contributed by atoms with Crippen molar-refractivity contribution in [3.63, 3.8) is 0 Å². The van der Waals surface area contributed by atoms with Crippen molar-refractivity contribution in [3.8, 4) is 0 Å². The SMILES string of the molecule is O=S(=O)(N[C@H](c1ccc(Cl)cc1)C(F)(F)F)c1ccn2ccnc2c1. The van der Waals surface area contributed by atoms with E-state index >= 15 is 0 Å². The molecule has 132 valence electrons. The standard InChI is InChI=1S/C15H11ClF3N3O2S/c16-11-3-1-10(2-4-11)14(15(17,18)19)21-25(23,24)12-5-7-22-8-6-20-13(22)9-12/h1-9,14,21H/t14-/m1/s1. The maximum atomic E-state index is 13.4. The molecular weight excluding hydrogens is 379 g/mol. The predicted molar refractivity (Wildman–Crippen MR) is 85.8 cm³/mol. The number of nitrogens with zero attached hydrogens (tertiary/aromatic N) is 2. The first-order valence-electron chi connectivity index (χ1n) is 6.94. The lowest BCUT2D eigenvalue weighted by Gasteiger charge is -2.22. The maximum absolute atomic E-state index is 13.4. The van der Waals surface area contributed by atoms with E-state index in [1.807, 2.05) is 0 Å². The summed E-state index contributed by atoms with van der Waals surface area (Å²) in [6.07, 6.45) is -0.378. The average Bonchev–Trinajstić information content (AvgIpc) is 3.00. The third kappa shape index (κ3) is 3.78. The third-order valence-electron chi connectivity index (χ3n) is 3.48. The Morgan fingerprint density at radius 1 is 1.12 bits per heavy atom. The molecule has 1 atom stereocenters. The van der Waals surface area contributed by atoms with Crippen molar-refractivity contribution < 1.29 is 21.6 Å². The highest BCUT2D eigenvalue weighted by Gasteiger charge is 2.43. The highest BCUT2D eigenvalue weighted by Crippen LogP contribution is 2.34. The number of pyridine rings is 1. The van der Waals surface area contributed by atoms with Gasteiger partial charge in [-0.1, -0.05) is 23.7 Å². The summed E-state index contributed by atoms with van der Waals surface area (Å²) < 4.78 is 68.2. The van der Waals surface area contributed by atoms with Gasteiger partial charge in [0.2, 0.25) is 10.0 Å². The number of sulfonamides is 1. The molecule has 0 radical (unpaired) electrons. The number of alkyl halides is 3. The minimum absolute atomic E-state index is 0.247. The molecule has 5 nitrogen and oxygen atoms in total. The molecule has 25 heavy (non-hydrogen) atoms. The van der Waals surface area contributed by atoms with E-state index in [2.05, 4.69) is 4.98 Å². The molecule has 0 amide bonds. The highest BCUT2D eigenvalue weighted by molar-refractivity contribution is 7.89. The lowest BCUT2D eigenvalue weighted by molar-refractivity contribution is -0.153. The van der Waals surface area contributed by atoms with Crippen molar-refractivity contribution in [2.75, 3.05) is 0 Å². The number of rotatable bonds is 4. The molecule has 3 rings (SSSR count). The first-order valence-corrected chi connectivity index (χ1v) is 8.80. The van der Waals surface area contributed by atoms with Crippen LogP contribution in [-0.2, 0) is 10.0 Å². The molecule has 0 unspecified atom stereocenters. The van der Waals surface area contributed by atoms with Crippen LogP contribution in [0, 0.1) is 0 Å². The largest absolute Gasteiger partial charge is 0.408 e. The second-order valence-electron chi connectivity index (χ2n) is 5.20. The van der Waals surface area contributed by atoms with E-state index in [4.69, 9.17) is 11.6 Å². The average molecular weight is 390 g/mol. The summed E-state index contributed by atoms with van der Waals surface area (Å²) in [6, 6.07) is 4.78. The molecule has 2 aromatic heterocycles. The van der Waals surface area contributed by atoms with Crippen LogP contribution in [0.2, 0.25) is 5.02 Å². The Labute approximate surface area is 146 Å². The van der Waals surface area contributed by atoms with Crippen LogP contribution in [0.15, 0.2) is 59.9 Å². The predicted octanol–water partition coefficient (Wildman–Crippen LogP) is 3.57. The molecule has 3 aromatic rings. The summed E-state index contributed by atoms with van der Waals surface area (Å²) in [5.41, 5.74) is 0.0419. The molecule has 0 spiro atoms. The Kier molecular flexibility index (Phi) is 4.48. The summed E-state index contributed by atoms with van der Waals surface area (Å²) in [4.78, 5) is 3.61. The fourth-order valence-electron chi connectivity index (χ4n) is 2.26. The molecule has 1 N–H and O–H groups in total. The molecular formula is C15H11ClF3N3O2S. The number of hydrogen-bond acceptors (Lipinski definition) is 3. The van der Waals surface area contributed by atoms with Gasteiger partial charge < -0.3 is 4.40 Å². The first-order chi connectivity index (χ1) is 11.7. The van der Waals surface area contributed by atoms with Crippen LogP contribution >= 0.6 is 11.6 Å². The molecule has 0 saturated carbocycles. The normalized spacial score (nSPS) is 13.9. The molecule has 0 aliphatic rings.